The Hall–Kier alpha value is -0.830. The topological polar surface area (TPSA) is 38.0 Å². The zero-order valence-electron chi connectivity index (χ0n) is 10.5. The van der Waals surface area contributed by atoms with Crippen molar-refractivity contribution >= 4 is 0 Å². The number of aryl methyl sites for hydroxylation is 1. The van der Waals surface area contributed by atoms with Crippen LogP contribution in [0.4, 0.5) is 0 Å². The van der Waals surface area contributed by atoms with E-state index in [4.69, 9.17) is 0 Å². The average molecular weight is 222 g/mol. The standard InChI is InChI=1S/C13H22N2O/c1-4-10-8-14-15(9-10)12-7-11(16)5-6-13(12,2)3/h8-9,11-12,16H,4-7H2,1-3H3. The molecule has 0 radical (unpaired) electrons. The van der Waals surface area contributed by atoms with Crippen molar-refractivity contribution in [3.63, 3.8) is 0 Å². The summed E-state index contributed by atoms with van der Waals surface area (Å²) in [6.45, 7) is 6.69. The van der Waals surface area contributed by atoms with Crippen LogP contribution in [0, 0.1) is 5.41 Å². The third kappa shape index (κ3) is 2.14. The molecule has 1 aliphatic carbocycles. The number of nitrogens with zero attached hydrogens (tertiary/aromatic N) is 2. The van der Waals surface area contributed by atoms with E-state index in [1.54, 1.807) is 0 Å². The summed E-state index contributed by atoms with van der Waals surface area (Å²) in [7, 11) is 0. The molecule has 1 heterocycles. The highest BCUT2D eigenvalue weighted by atomic mass is 16.3. The highest BCUT2D eigenvalue weighted by Crippen LogP contribution is 2.43. The average Bonchev–Trinajstić information content (AvgIpc) is 2.70. The van der Waals surface area contributed by atoms with Crippen LogP contribution in [-0.4, -0.2) is 21.0 Å². The van der Waals surface area contributed by atoms with Crippen molar-refractivity contribution in [2.24, 2.45) is 5.41 Å². The van der Waals surface area contributed by atoms with Crippen LogP contribution in [0.5, 0.6) is 0 Å². The third-order valence-corrected chi connectivity index (χ3v) is 3.90. The highest BCUT2D eigenvalue weighted by molar-refractivity contribution is 5.05. The summed E-state index contributed by atoms with van der Waals surface area (Å²) >= 11 is 0. The Morgan fingerprint density at radius 2 is 2.31 bits per heavy atom. The maximum absolute atomic E-state index is 9.80. The number of aromatic nitrogens is 2. The first-order valence-electron chi connectivity index (χ1n) is 6.24. The number of rotatable bonds is 2. The Balaban J connectivity index is 2.22. The number of aliphatic hydroxyl groups is 1. The van der Waals surface area contributed by atoms with Crippen LogP contribution in [0.3, 0.4) is 0 Å². The van der Waals surface area contributed by atoms with E-state index in [2.05, 4.69) is 36.7 Å². The zero-order valence-corrected chi connectivity index (χ0v) is 10.5. The molecule has 16 heavy (non-hydrogen) atoms. The van der Waals surface area contributed by atoms with Crippen LogP contribution in [0.1, 0.15) is 51.6 Å². The molecular formula is C13H22N2O. The summed E-state index contributed by atoms with van der Waals surface area (Å²) in [6.07, 6.45) is 7.76. The van der Waals surface area contributed by atoms with E-state index in [-0.39, 0.29) is 11.5 Å². The van der Waals surface area contributed by atoms with Crippen LogP contribution in [0.2, 0.25) is 0 Å². The van der Waals surface area contributed by atoms with Crippen LogP contribution in [-0.2, 0) is 6.42 Å². The van der Waals surface area contributed by atoms with E-state index in [1.807, 2.05) is 6.20 Å². The van der Waals surface area contributed by atoms with Gasteiger partial charge in [-0.15, -0.1) is 0 Å². The van der Waals surface area contributed by atoms with Crippen molar-refractivity contribution in [3.8, 4) is 0 Å². The lowest BCUT2D eigenvalue weighted by Crippen LogP contribution is -2.36. The second-order valence-electron chi connectivity index (χ2n) is 5.61. The van der Waals surface area contributed by atoms with Gasteiger partial charge in [-0.1, -0.05) is 20.8 Å². The van der Waals surface area contributed by atoms with Crippen molar-refractivity contribution in [3.05, 3.63) is 18.0 Å². The summed E-state index contributed by atoms with van der Waals surface area (Å²) < 4.78 is 2.06. The van der Waals surface area contributed by atoms with Gasteiger partial charge >= 0.3 is 0 Å². The van der Waals surface area contributed by atoms with Gasteiger partial charge in [0.2, 0.25) is 0 Å². The van der Waals surface area contributed by atoms with Gasteiger partial charge in [-0.05, 0) is 36.7 Å². The van der Waals surface area contributed by atoms with Gasteiger partial charge < -0.3 is 5.11 Å². The van der Waals surface area contributed by atoms with E-state index in [0.717, 1.165) is 25.7 Å². The summed E-state index contributed by atoms with van der Waals surface area (Å²) in [4.78, 5) is 0. The predicted octanol–water partition coefficient (Wildman–Crippen LogP) is 2.56. The van der Waals surface area contributed by atoms with Gasteiger partial charge in [0.1, 0.15) is 0 Å². The smallest absolute Gasteiger partial charge is 0.0594 e. The normalized spacial score (nSPS) is 29.2. The van der Waals surface area contributed by atoms with E-state index in [1.165, 1.54) is 5.56 Å². The van der Waals surface area contributed by atoms with Gasteiger partial charge in [-0.2, -0.15) is 5.10 Å². The van der Waals surface area contributed by atoms with Crippen molar-refractivity contribution in [2.75, 3.05) is 0 Å². The van der Waals surface area contributed by atoms with E-state index in [9.17, 15) is 5.11 Å². The summed E-state index contributed by atoms with van der Waals surface area (Å²) in [5, 5.41) is 14.2. The van der Waals surface area contributed by atoms with Crippen LogP contribution in [0.25, 0.3) is 0 Å². The van der Waals surface area contributed by atoms with Gasteiger partial charge in [0.05, 0.1) is 18.3 Å². The highest BCUT2D eigenvalue weighted by Gasteiger charge is 2.37. The van der Waals surface area contributed by atoms with Gasteiger partial charge in [-0.25, -0.2) is 0 Å². The Bertz CT molecular complexity index is 357. The number of aliphatic hydroxyl groups excluding tert-OH is 1. The minimum atomic E-state index is -0.160. The largest absolute Gasteiger partial charge is 0.393 e. The van der Waals surface area contributed by atoms with Crippen molar-refractivity contribution in [1.29, 1.82) is 0 Å². The Labute approximate surface area is 97.5 Å². The fourth-order valence-electron chi connectivity index (χ4n) is 2.60. The zero-order chi connectivity index (χ0) is 11.8. The first-order chi connectivity index (χ1) is 7.53. The van der Waals surface area contributed by atoms with Crippen molar-refractivity contribution in [1.82, 2.24) is 9.78 Å². The lowest BCUT2D eigenvalue weighted by molar-refractivity contribution is 0.0292. The maximum Gasteiger partial charge on any atom is 0.0594 e. The first-order valence-corrected chi connectivity index (χ1v) is 6.24. The minimum absolute atomic E-state index is 0.160. The monoisotopic (exact) mass is 222 g/mol. The second kappa shape index (κ2) is 4.21. The lowest BCUT2D eigenvalue weighted by atomic mass is 9.72. The van der Waals surface area contributed by atoms with Crippen LogP contribution in [0.15, 0.2) is 12.4 Å². The maximum atomic E-state index is 9.80. The third-order valence-electron chi connectivity index (χ3n) is 3.90. The van der Waals surface area contributed by atoms with Gasteiger partial charge in [-0.3, -0.25) is 4.68 Å². The van der Waals surface area contributed by atoms with Gasteiger partial charge in [0.15, 0.2) is 0 Å². The molecule has 1 aromatic rings. The number of hydrogen-bond acceptors (Lipinski definition) is 2. The molecule has 1 N–H and O–H groups in total. The molecule has 0 spiro atoms. The molecular weight excluding hydrogens is 200 g/mol. The van der Waals surface area contributed by atoms with Crippen molar-refractivity contribution in [2.45, 2.75) is 58.6 Å². The summed E-state index contributed by atoms with van der Waals surface area (Å²) in [5.41, 5.74) is 1.51. The fourth-order valence-corrected chi connectivity index (χ4v) is 2.60. The Morgan fingerprint density at radius 3 is 2.94 bits per heavy atom. The molecule has 1 saturated carbocycles. The molecule has 3 nitrogen and oxygen atoms in total. The molecule has 0 saturated heterocycles. The molecule has 2 rings (SSSR count). The summed E-state index contributed by atoms with van der Waals surface area (Å²) in [6, 6.07) is 0.330. The first kappa shape index (κ1) is 11.6. The van der Waals surface area contributed by atoms with E-state index in [0.29, 0.717) is 6.04 Å². The van der Waals surface area contributed by atoms with Crippen LogP contribution >= 0.6 is 0 Å². The molecule has 2 atom stereocenters. The lowest BCUT2D eigenvalue weighted by Gasteiger charge is -2.40. The minimum Gasteiger partial charge on any atom is -0.393 e. The van der Waals surface area contributed by atoms with Gasteiger partial charge in [0.25, 0.3) is 0 Å². The molecule has 0 bridgehead atoms. The predicted molar refractivity (Wildman–Crippen MR) is 64.3 cm³/mol. The molecule has 2 unspecified atom stereocenters. The quantitative estimate of drug-likeness (QED) is 0.835. The summed E-state index contributed by atoms with van der Waals surface area (Å²) in [5.74, 6) is 0. The van der Waals surface area contributed by atoms with E-state index >= 15 is 0 Å². The van der Waals surface area contributed by atoms with E-state index < -0.39 is 0 Å². The fraction of sp³-hybridized carbons (Fsp3) is 0.769. The molecule has 0 amide bonds. The molecule has 3 heteroatoms. The molecule has 90 valence electrons. The number of hydrogen-bond donors (Lipinski definition) is 1. The van der Waals surface area contributed by atoms with Crippen LogP contribution < -0.4 is 0 Å². The molecule has 1 fully saturated rings. The van der Waals surface area contributed by atoms with Crippen molar-refractivity contribution < 1.29 is 5.11 Å². The Morgan fingerprint density at radius 1 is 1.56 bits per heavy atom. The SMILES string of the molecule is CCc1cnn(C2CC(O)CCC2(C)C)c1. The molecule has 1 aromatic heterocycles. The second-order valence-corrected chi connectivity index (χ2v) is 5.61. The molecule has 0 aliphatic heterocycles. The van der Waals surface area contributed by atoms with Gasteiger partial charge in [0, 0.05) is 6.20 Å². The molecule has 0 aromatic carbocycles. The Kier molecular flexibility index (Phi) is 3.06. The molecule has 1 aliphatic rings.